The number of esters is 1. The Balaban J connectivity index is 1.63. The van der Waals surface area contributed by atoms with Gasteiger partial charge in [0.1, 0.15) is 0 Å². The zero-order chi connectivity index (χ0) is 23.4. The average Bonchev–Trinajstić information content (AvgIpc) is 3.33. The quantitative estimate of drug-likeness (QED) is 0.420. The number of nitrogens with one attached hydrogen (secondary N) is 2. The van der Waals surface area contributed by atoms with Crippen LogP contribution in [0.4, 0.5) is 5.69 Å². The predicted octanol–water partition coefficient (Wildman–Crippen LogP) is 4.00. The maximum absolute atomic E-state index is 12.9. The molecule has 2 heterocycles. The van der Waals surface area contributed by atoms with Gasteiger partial charge in [-0.25, -0.2) is 4.79 Å². The molecule has 8 heteroatoms. The number of carbonyl (C=O) groups is 1. The number of thiocarbonyl (C=S) groups is 1. The summed E-state index contributed by atoms with van der Waals surface area (Å²) in [6.07, 6.45) is 1.97. The first-order valence-corrected chi connectivity index (χ1v) is 11.3. The fourth-order valence-electron chi connectivity index (χ4n) is 4.08. The summed E-state index contributed by atoms with van der Waals surface area (Å²) < 4.78 is 10.7. The number of para-hydroxylation sites is 2. The molecule has 7 nitrogen and oxygen atoms in total. The molecule has 1 aromatic heterocycles. The van der Waals surface area contributed by atoms with Gasteiger partial charge in [-0.1, -0.05) is 30.3 Å². The maximum atomic E-state index is 12.9. The van der Waals surface area contributed by atoms with Gasteiger partial charge in [0.25, 0.3) is 5.56 Å². The minimum absolute atomic E-state index is 0.0300. The van der Waals surface area contributed by atoms with Crippen LogP contribution in [-0.4, -0.2) is 47.3 Å². The van der Waals surface area contributed by atoms with Gasteiger partial charge in [0, 0.05) is 18.7 Å². The van der Waals surface area contributed by atoms with Gasteiger partial charge >= 0.3 is 5.97 Å². The largest absolute Gasteiger partial charge is 0.465 e. The van der Waals surface area contributed by atoms with E-state index < -0.39 is 5.97 Å². The van der Waals surface area contributed by atoms with Crippen molar-refractivity contribution in [3.63, 3.8) is 0 Å². The van der Waals surface area contributed by atoms with Crippen LogP contribution in [0.15, 0.2) is 53.3 Å². The number of benzene rings is 2. The standard InChI is InChI=1S/C25H27N3O4S/c1-16-7-5-8-17-13-18(23(29)27-22(16)17)14-28(15-19-9-6-12-32-19)25(33)26-21-11-4-3-10-20(21)24(30)31-2/h3-5,7-8,10-11,13,19H,6,9,12,14-15H2,1-2H3,(H,26,33)(H,27,29)/t19-/m1/s1. The third-order valence-electron chi connectivity index (χ3n) is 5.84. The molecule has 4 rings (SSSR count). The molecule has 2 N–H and O–H groups in total. The first kappa shape index (κ1) is 22.9. The molecule has 0 radical (unpaired) electrons. The predicted molar refractivity (Wildman–Crippen MR) is 133 cm³/mol. The number of aromatic amines is 1. The highest BCUT2D eigenvalue weighted by atomic mass is 32.1. The van der Waals surface area contributed by atoms with Crippen LogP contribution in [0, 0.1) is 6.92 Å². The van der Waals surface area contributed by atoms with Crippen LogP contribution >= 0.6 is 12.2 Å². The Kier molecular flexibility index (Phi) is 7.05. The first-order valence-electron chi connectivity index (χ1n) is 10.9. The van der Waals surface area contributed by atoms with Gasteiger partial charge in [-0.15, -0.1) is 0 Å². The number of anilines is 1. The third-order valence-corrected chi connectivity index (χ3v) is 6.20. The van der Waals surface area contributed by atoms with E-state index in [0.717, 1.165) is 35.9 Å². The molecule has 3 aromatic rings. The number of hydrogen-bond acceptors (Lipinski definition) is 5. The summed E-state index contributed by atoms with van der Waals surface area (Å²) in [5, 5.41) is 4.55. The molecule has 0 aliphatic carbocycles. The molecule has 33 heavy (non-hydrogen) atoms. The summed E-state index contributed by atoms with van der Waals surface area (Å²) in [5.41, 5.74) is 3.25. The Hall–Kier alpha value is -3.23. The van der Waals surface area contributed by atoms with Crippen LogP contribution in [0.1, 0.15) is 34.3 Å². The second-order valence-corrected chi connectivity index (χ2v) is 8.53. The van der Waals surface area contributed by atoms with E-state index in [-0.39, 0.29) is 11.7 Å². The number of pyridine rings is 1. The zero-order valence-corrected chi connectivity index (χ0v) is 19.5. The van der Waals surface area contributed by atoms with Gasteiger partial charge in [0.05, 0.1) is 36.5 Å². The lowest BCUT2D eigenvalue weighted by molar-refractivity contribution is 0.0602. The molecule has 0 unspecified atom stereocenters. The molecule has 1 aliphatic rings. The lowest BCUT2D eigenvalue weighted by Gasteiger charge is -2.28. The van der Waals surface area contributed by atoms with Crippen LogP contribution in [-0.2, 0) is 16.0 Å². The van der Waals surface area contributed by atoms with Crippen molar-refractivity contribution in [1.82, 2.24) is 9.88 Å². The van der Waals surface area contributed by atoms with Gasteiger partial charge < -0.3 is 24.7 Å². The van der Waals surface area contributed by atoms with Gasteiger partial charge in [-0.2, -0.15) is 0 Å². The number of ether oxygens (including phenoxy) is 2. The fourth-order valence-corrected chi connectivity index (χ4v) is 4.33. The van der Waals surface area contributed by atoms with Crippen LogP contribution in [0.25, 0.3) is 10.9 Å². The molecular formula is C25H27N3O4S. The summed E-state index contributed by atoms with van der Waals surface area (Å²) in [7, 11) is 1.34. The lowest BCUT2D eigenvalue weighted by atomic mass is 10.1. The van der Waals surface area contributed by atoms with E-state index in [2.05, 4.69) is 10.3 Å². The number of aromatic nitrogens is 1. The number of aryl methyl sites for hydroxylation is 1. The minimum atomic E-state index is -0.451. The fraction of sp³-hybridized carbons (Fsp3) is 0.320. The summed E-state index contributed by atoms with van der Waals surface area (Å²) in [6, 6.07) is 14.9. The summed E-state index contributed by atoms with van der Waals surface area (Å²) in [6.45, 7) is 3.54. The summed E-state index contributed by atoms with van der Waals surface area (Å²) in [4.78, 5) is 30.0. The summed E-state index contributed by atoms with van der Waals surface area (Å²) in [5.74, 6) is -0.451. The minimum Gasteiger partial charge on any atom is -0.465 e. The van der Waals surface area contributed by atoms with E-state index in [4.69, 9.17) is 21.7 Å². The zero-order valence-electron chi connectivity index (χ0n) is 18.7. The van der Waals surface area contributed by atoms with Crippen molar-refractivity contribution >= 4 is 39.9 Å². The van der Waals surface area contributed by atoms with E-state index in [1.54, 1.807) is 18.2 Å². The van der Waals surface area contributed by atoms with Crippen molar-refractivity contribution in [2.24, 2.45) is 0 Å². The van der Waals surface area contributed by atoms with E-state index in [1.165, 1.54) is 7.11 Å². The number of fused-ring (bicyclic) bond motifs is 1. The molecule has 0 bridgehead atoms. The molecule has 172 valence electrons. The van der Waals surface area contributed by atoms with Crippen molar-refractivity contribution < 1.29 is 14.3 Å². The highest BCUT2D eigenvalue weighted by Gasteiger charge is 2.23. The highest BCUT2D eigenvalue weighted by molar-refractivity contribution is 7.80. The number of nitrogens with zero attached hydrogens (tertiary/aromatic N) is 1. The van der Waals surface area contributed by atoms with E-state index in [9.17, 15) is 9.59 Å². The van der Waals surface area contributed by atoms with Crippen molar-refractivity contribution in [2.45, 2.75) is 32.4 Å². The SMILES string of the molecule is COC(=O)c1ccccc1NC(=S)N(Cc1cc2cccc(C)c2[nH]c1=O)C[C@H]1CCCO1. The maximum Gasteiger partial charge on any atom is 0.339 e. The van der Waals surface area contributed by atoms with Gasteiger partial charge in [0.15, 0.2) is 5.11 Å². The van der Waals surface area contributed by atoms with Crippen molar-refractivity contribution in [1.29, 1.82) is 0 Å². The van der Waals surface area contributed by atoms with Crippen LogP contribution < -0.4 is 10.9 Å². The summed E-state index contributed by atoms with van der Waals surface area (Å²) >= 11 is 5.73. The molecule has 0 amide bonds. The molecule has 1 aliphatic heterocycles. The average molecular weight is 466 g/mol. The van der Waals surface area contributed by atoms with E-state index in [0.29, 0.717) is 35.0 Å². The molecule has 1 fully saturated rings. The number of methoxy groups -OCH3 is 1. The van der Waals surface area contributed by atoms with Crippen molar-refractivity contribution in [3.05, 3.63) is 75.6 Å². The molecule has 0 spiro atoms. The Bertz CT molecular complexity index is 1230. The highest BCUT2D eigenvalue weighted by Crippen LogP contribution is 2.21. The van der Waals surface area contributed by atoms with Crippen LogP contribution in [0.2, 0.25) is 0 Å². The first-order chi connectivity index (χ1) is 16.0. The third kappa shape index (κ3) is 5.23. The number of H-pyrrole nitrogens is 1. The Morgan fingerprint density at radius 2 is 2.09 bits per heavy atom. The lowest BCUT2D eigenvalue weighted by Crippen LogP contribution is -2.40. The van der Waals surface area contributed by atoms with E-state index >= 15 is 0 Å². The number of carbonyl (C=O) groups excluding carboxylic acids is 1. The van der Waals surface area contributed by atoms with Gasteiger partial charge in [-0.05, 0) is 61.1 Å². The van der Waals surface area contributed by atoms with Crippen LogP contribution in [0.3, 0.4) is 0 Å². The Morgan fingerprint density at radius 3 is 2.85 bits per heavy atom. The van der Waals surface area contributed by atoms with Crippen molar-refractivity contribution in [2.75, 3.05) is 25.6 Å². The van der Waals surface area contributed by atoms with Crippen molar-refractivity contribution in [3.8, 4) is 0 Å². The topological polar surface area (TPSA) is 83.7 Å². The van der Waals surface area contributed by atoms with Gasteiger partial charge in [0.2, 0.25) is 0 Å². The number of hydrogen-bond donors (Lipinski definition) is 2. The Labute approximate surface area is 197 Å². The molecular weight excluding hydrogens is 438 g/mol. The second-order valence-electron chi connectivity index (χ2n) is 8.15. The second kappa shape index (κ2) is 10.1. The Morgan fingerprint density at radius 1 is 1.27 bits per heavy atom. The molecule has 2 aromatic carbocycles. The van der Waals surface area contributed by atoms with Crippen LogP contribution in [0.5, 0.6) is 0 Å². The van der Waals surface area contributed by atoms with E-state index in [1.807, 2.05) is 42.2 Å². The monoisotopic (exact) mass is 465 g/mol. The molecule has 1 atom stereocenters. The molecule has 1 saturated heterocycles. The normalized spacial score (nSPS) is 15.4. The molecule has 0 saturated carbocycles. The smallest absolute Gasteiger partial charge is 0.339 e. The number of rotatable bonds is 6. The van der Waals surface area contributed by atoms with Gasteiger partial charge in [-0.3, -0.25) is 4.79 Å².